The number of nitrogens with two attached hydrogens (primary N) is 1. The standard InChI is InChI=1S/C29H34FN5O5/c1-29(2,3)40-28(38)33-17-10-13-34(15-17)24-20(30)14-18-23-26(24)39-22-9-5-4-8-21(22)35(23)16-19(25(18)36)27(37)32-12-7-6-11-31/h4-5,8-9,14,16-17H,6-7,10-13,15,31H2,1-3H3,(H,32,37)(H,33,38). The molecule has 2 aliphatic heterocycles. The molecule has 1 atom stereocenters. The number of nitrogens with zero attached hydrogens (tertiary/aromatic N) is 2. The van der Waals surface area contributed by atoms with Crippen LogP contribution in [0.5, 0.6) is 11.5 Å². The van der Waals surface area contributed by atoms with Crippen LogP contribution in [0.25, 0.3) is 16.6 Å². The van der Waals surface area contributed by atoms with Crippen LogP contribution in [-0.2, 0) is 4.74 Å². The van der Waals surface area contributed by atoms with Crippen molar-refractivity contribution < 1.29 is 23.5 Å². The highest BCUT2D eigenvalue weighted by atomic mass is 19.1. The number of ether oxygens (including phenoxy) is 2. The number of benzene rings is 2. The minimum atomic E-state index is -0.649. The lowest BCUT2D eigenvalue weighted by atomic mass is 10.1. The summed E-state index contributed by atoms with van der Waals surface area (Å²) in [5.41, 5.74) is 5.43. The van der Waals surface area contributed by atoms with Crippen molar-refractivity contribution in [3.05, 3.63) is 58.1 Å². The van der Waals surface area contributed by atoms with Crippen LogP contribution < -0.4 is 31.4 Å². The summed E-state index contributed by atoms with van der Waals surface area (Å²) in [5.74, 6) is -0.524. The van der Waals surface area contributed by atoms with Gasteiger partial charge in [0.05, 0.1) is 17.1 Å². The van der Waals surface area contributed by atoms with Crippen LogP contribution in [0.2, 0.25) is 0 Å². The smallest absolute Gasteiger partial charge is 0.407 e. The van der Waals surface area contributed by atoms with Crippen LogP contribution in [0.15, 0.2) is 41.3 Å². The van der Waals surface area contributed by atoms with E-state index in [1.54, 1.807) is 42.4 Å². The largest absolute Gasteiger partial charge is 0.451 e. The number of nitrogens with one attached hydrogen (secondary N) is 2. The first-order chi connectivity index (χ1) is 19.1. The molecule has 0 saturated carbocycles. The van der Waals surface area contributed by atoms with Crippen LogP contribution in [0.4, 0.5) is 14.9 Å². The fourth-order valence-electron chi connectivity index (χ4n) is 5.13. The normalized spacial score (nSPS) is 15.9. The van der Waals surface area contributed by atoms with E-state index >= 15 is 4.39 Å². The molecule has 4 N–H and O–H groups in total. The van der Waals surface area contributed by atoms with E-state index in [4.69, 9.17) is 15.2 Å². The fraction of sp³-hybridized carbons (Fsp3) is 0.414. The van der Waals surface area contributed by atoms with Gasteiger partial charge in [-0.25, -0.2) is 9.18 Å². The molecule has 2 amide bonds. The second kappa shape index (κ2) is 10.8. The van der Waals surface area contributed by atoms with Gasteiger partial charge in [-0.05, 0) is 64.8 Å². The first-order valence-electron chi connectivity index (χ1n) is 13.5. The van der Waals surface area contributed by atoms with Gasteiger partial charge >= 0.3 is 6.09 Å². The quantitative estimate of drug-likeness (QED) is 0.298. The molecule has 10 nitrogen and oxygen atoms in total. The van der Waals surface area contributed by atoms with Gasteiger partial charge in [-0.15, -0.1) is 0 Å². The van der Waals surface area contributed by atoms with Crippen LogP contribution in [0.3, 0.4) is 0 Å². The molecule has 1 saturated heterocycles. The van der Waals surface area contributed by atoms with Gasteiger partial charge in [0.15, 0.2) is 17.3 Å². The van der Waals surface area contributed by atoms with Gasteiger partial charge in [0, 0.05) is 25.8 Å². The summed E-state index contributed by atoms with van der Waals surface area (Å²) in [6, 6.07) is 8.08. The third kappa shape index (κ3) is 5.33. The van der Waals surface area contributed by atoms with E-state index in [0.717, 1.165) is 6.42 Å². The Morgan fingerprint density at radius 2 is 2.00 bits per heavy atom. The summed E-state index contributed by atoms with van der Waals surface area (Å²) in [5, 5.41) is 5.66. The van der Waals surface area contributed by atoms with Crippen molar-refractivity contribution in [2.24, 2.45) is 5.73 Å². The highest BCUT2D eigenvalue weighted by Gasteiger charge is 2.34. The van der Waals surface area contributed by atoms with E-state index in [-0.39, 0.29) is 28.4 Å². The number of pyridine rings is 1. The molecule has 1 fully saturated rings. The molecule has 0 bridgehead atoms. The van der Waals surface area contributed by atoms with Gasteiger partial charge in [-0.1, -0.05) is 12.1 Å². The highest BCUT2D eigenvalue weighted by molar-refractivity contribution is 6.01. The first kappa shape index (κ1) is 27.4. The Morgan fingerprint density at radius 1 is 1.23 bits per heavy atom. The molecule has 3 heterocycles. The van der Waals surface area contributed by atoms with E-state index in [0.29, 0.717) is 56.0 Å². The van der Waals surface area contributed by atoms with Crippen LogP contribution in [0, 0.1) is 5.82 Å². The van der Waals surface area contributed by atoms with E-state index in [9.17, 15) is 14.4 Å². The number of para-hydroxylation sites is 2. The fourth-order valence-corrected chi connectivity index (χ4v) is 5.13. The van der Waals surface area contributed by atoms with Crippen LogP contribution in [0.1, 0.15) is 50.4 Å². The number of carbonyl (C=O) groups is 2. The number of amides is 2. The minimum absolute atomic E-state index is 0.0444. The van der Waals surface area contributed by atoms with Gasteiger partial charge in [-0.3, -0.25) is 9.59 Å². The van der Waals surface area contributed by atoms with Crippen molar-refractivity contribution in [1.29, 1.82) is 0 Å². The Labute approximate surface area is 231 Å². The third-order valence-corrected chi connectivity index (χ3v) is 6.89. The highest BCUT2D eigenvalue weighted by Crippen LogP contribution is 2.47. The zero-order valence-electron chi connectivity index (χ0n) is 22.9. The molecule has 3 aromatic rings. The summed E-state index contributed by atoms with van der Waals surface area (Å²) in [6.07, 6.45) is 2.96. The average Bonchev–Trinajstić information content (AvgIpc) is 3.34. The number of alkyl carbamates (subject to hydrolysis) is 1. The molecule has 0 spiro atoms. The van der Waals surface area contributed by atoms with Crippen LogP contribution in [-0.4, -0.2) is 54.4 Å². The monoisotopic (exact) mass is 551 g/mol. The van der Waals surface area contributed by atoms with Gasteiger partial charge in [0.2, 0.25) is 5.43 Å². The topological polar surface area (TPSA) is 128 Å². The van der Waals surface area contributed by atoms with E-state index in [1.165, 1.54) is 12.3 Å². The Hall–Kier alpha value is -4.12. The van der Waals surface area contributed by atoms with Crippen molar-refractivity contribution in [3.63, 3.8) is 0 Å². The maximum atomic E-state index is 15.9. The molecular weight excluding hydrogens is 517 g/mol. The molecule has 5 rings (SSSR count). The van der Waals surface area contributed by atoms with Gasteiger partial charge in [-0.2, -0.15) is 0 Å². The lowest BCUT2D eigenvalue weighted by Crippen LogP contribution is -2.40. The lowest BCUT2D eigenvalue weighted by Gasteiger charge is -2.29. The molecule has 212 valence electrons. The second-order valence-corrected chi connectivity index (χ2v) is 11.1. The molecule has 0 aliphatic carbocycles. The SMILES string of the molecule is CC(C)(C)OC(=O)NC1CCN(c2c(F)cc3c(=O)c(C(=O)NCCCCN)cn4c3c2Oc2ccccc2-4)C1. The number of hydrogen-bond donors (Lipinski definition) is 3. The number of anilines is 1. The third-order valence-electron chi connectivity index (χ3n) is 6.89. The van der Waals surface area contributed by atoms with Gasteiger partial charge in [0.25, 0.3) is 5.91 Å². The number of halogens is 1. The van der Waals surface area contributed by atoms with Gasteiger partial charge < -0.3 is 35.3 Å². The first-order valence-corrected chi connectivity index (χ1v) is 13.5. The molecule has 11 heteroatoms. The molecule has 1 unspecified atom stereocenters. The Bertz CT molecular complexity index is 1530. The molecule has 0 radical (unpaired) electrons. The van der Waals surface area contributed by atoms with Crippen molar-refractivity contribution in [1.82, 2.24) is 15.2 Å². The summed E-state index contributed by atoms with van der Waals surface area (Å²) >= 11 is 0. The zero-order chi connectivity index (χ0) is 28.6. The molecule has 2 aromatic carbocycles. The van der Waals surface area contributed by atoms with E-state index < -0.39 is 28.8 Å². The summed E-state index contributed by atoms with van der Waals surface area (Å²) in [6.45, 7) is 7.02. The molecular formula is C29H34FN5O5. The number of rotatable bonds is 7. The maximum Gasteiger partial charge on any atom is 0.407 e. The van der Waals surface area contributed by atoms with Crippen molar-refractivity contribution in [2.45, 2.75) is 51.7 Å². The zero-order valence-corrected chi connectivity index (χ0v) is 22.9. The Balaban J connectivity index is 1.54. The molecule has 1 aromatic heterocycles. The average molecular weight is 552 g/mol. The predicted molar refractivity (Wildman–Crippen MR) is 150 cm³/mol. The summed E-state index contributed by atoms with van der Waals surface area (Å²) in [7, 11) is 0. The van der Waals surface area contributed by atoms with E-state index in [2.05, 4.69) is 10.6 Å². The maximum absolute atomic E-state index is 15.9. The van der Waals surface area contributed by atoms with Crippen molar-refractivity contribution in [3.8, 4) is 17.2 Å². The Kier molecular flexibility index (Phi) is 7.41. The molecule has 2 aliphatic rings. The molecule has 40 heavy (non-hydrogen) atoms. The number of unbranched alkanes of at least 4 members (excludes halogenated alkanes) is 1. The number of aromatic nitrogens is 1. The van der Waals surface area contributed by atoms with Gasteiger partial charge in [0.1, 0.15) is 22.4 Å². The number of carbonyl (C=O) groups excluding carboxylic acids is 2. The minimum Gasteiger partial charge on any atom is -0.451 e. The van der Waals surface area contributed by atoms with Crippen LogP contribution >= 0.6 is 0 Å². The summed E-state index contributed by atoms with van der Waals surface area (Å²) < 4.78 is 29.2. The van der Waals surface area contributed by atoms with Crippen molar-refractivity contribution >= 4 is 28.6 Å². The predicted octanol–water partition coefficient (Wildman–Crippen LogP) is 3.81. The van der Waals surface area contributed by atoms with Crippen molar-refractivity contribution in [2.75, 3.05) is 31.1 Å². The van der Waals surface area contributed by atoms with E-state index in [1.807, 2.05) is 12.1 Å². The Morgan fingerprint density at radius 3 is 2.75 bits per heavy atom. The lowest BCUT2D eigenvalue weighted by molar-refractivity contribution is 0.0508. The second-order valence-electron chi connectivity index (χ2n) is 11.1. The number of hydrogen-bond acceptors (Lipinski definition) is 7. The number of fused-ring (bicyclic) bond motifs is 2. The summed E-state index contributed by atoms with van der Waals surface area (Å²) in [4.78, 5) is 40.6.